The maximum absolute atomic E-state index is 12.0. The van der Waals surface area contributed by atoms with Crippen molar-refractivity contribution in [1.29, 1.82) is 0 Å². The molecule has 3 amide bonds. The molecule has 0 fully saturated rings. The van der Waals surface area contributed by atoms with Gasteiger partial charge in [0.1, 0.15) is 6.04 Å². The fourth-order valence-corrected chi connectivity index (χ4v) is 3.67. The van der Waals surface area contributed by atoms with E-state index in [9.17, 15) is 9.59 Å². The van der Waals surface area contributed by atoms with Gasteiger partial charge in [0, 0.05) is 23.4 Å². The van der Waals surface area contributed by atoms with Crippen molar-refractivity contribution < 1.29 is 14.5 Å². The van der Waals surface area contributed by atoms with Gasteiger partial charge < -0.3 is 10.2 Å². The first-order chi connectivity index (χ1) is 10.1. The molecule has 0 aliphatic carbocycles. The number of carbonyl (C=O) groups excluding carboxylic acids is 2. The van der Waals surface area contributed by atoms with Crippen LogP contribution in [0.15, 0.2) is 11.4 Å². The van der Waals surface area contributed by atoms with E-state index in [1.54, 1.807) is 11.3 Å². The van der Waals surface area contributed by atoms with Crippen molar-refractivity contribution in [3.63, 3.8) is 0 Å². The molecular weight excluding hydrogens is 286 g/mol. The third-order valence-electron chi connectivity index (χ3n) is 3.99. The van der Waals surface area contributed by atoms with E-state index in [1.807, 2.05) is 0 Å². The summed E-state index contributed by atoms with van der Waals surface area (Å²) >= 11 is 1.79. The Morgan fingerprint density at radius 3 is 3.05 bits per heavy atom. The molecule has 6 heteroatoms. The first kappa shape index (κ1) is 16.0. The van der Waals surface area contributed by atoms with Crippen LogP contribution in [0.3, 0.4) is 0 Å². The van der Waals surface area contributed by atoms with E-state index >= 15 is 0 Å². The minimum absolute atomic E-state index is 0.204. The molecular formula is C15H24N3O2S+. The van der Waals surface area contributed by atoms with Crippen LogP contribution in [0.4, 0.5) is 4.79 Å². The Kier molecular flexibility index (Phi) is 5.76. The molecule has 0 spiro atoms. The number of hydrogen-bond donors (Lipinski definition) is 3. The lowest BCUT2D eigenvalue weighted by molar-refractivity contribution is -0.924. The van der Waals surface area contributed by atoms with Crippen LogP contribution < -0.4 is 15.5 Å². The summed E-state index contributed by atoms with van der Waals surface area (Å²) in [6, 6.07) is 2.08. The van der Waals surface area contributed by atoms with Crippen LogP contribution in [-0.4, -0.2) is 31.6 Å². The first-order valence-electron chi connectivity index (χ1n) is 7.60. The number of nitrogens with one attached hydrogen (secondary N) is 3. The second-order valence-corrected chi connectivity index (χ2v) is 6.51. The molecule has 116 valence electrons. The predicted octanol–water partition coefficient (Wildman–Crippen LogP) is 0.876. The second-order valence-electron chi connectivity index (χ2n) is 5.51. The predicted molar refractivity (Wildman–Crippen MR) is 83.6 cm³/mol. The molecule has 1 aromatic heterocycles. The standard InChI is InChI=1S/C15H23N3O2S/c1-3-4-7-16-15(20)17-14(19)10-18-8-5-13-12(11(18)2)6-9-21-13/h6,9,11H,3-5,7-8,10H2,1-2H3,(H2,16,17,19,20)/p+1/t11-/m0/s1. The summed E-state index contributed by atoms with van der Waals surface area (Å²) in [6.45, 7) is 6.11. The fourth-order valence-electron chi connectivity index (χ4n) is 2.69. The minimum Gasteiger partial charge on any atom is -0.338 e. The van der Waals surface area contributed by atoms with Gasteiger partial charge in [-0.15, -0.1) is 11.3 Å². The van der Waals surface area contributed by atoms with Gasteiger partial charge in [0.05, 0.1) is 6.54 Å². The summed E-state index contributed by atoms with van der Waals surface area (Å²) < 4.78 is 0. The molecule has 0 aromatic carbocycles. The molecule has 3 N–H and O–H groups in total. The molecule has 5 nitrogen and oxygen atoms in total. The molecule has 0 saturated heterocycles. The lowest BCUT2D eigenvalue weighted by atomic mass is 10.0. The highest BCUT2D eigenvalue weighted by atomic mass is 32.1. The van der Waals surface area contributed by atoms with Crippen molar-refractivity contribution in [2.45, 2.75) is 39.2 Å². The van der Waals surface area contributed by atoms with Gasteiger partial charge in [-0.2, -0.15) is 0 Å². The topological polar surface area (TPSA) is 62.6 Å². The van der Waals surface area contributed by atoms with Crippen LogP contribution >= 0.6 is 11.3 Å². The molecule has 21 heavy (non-hydrogen) atoms. The highest BCUT2D eigenvalue weighted by Crippen LogP contribution is 2.24. The van der Waals surface area contributed by atoms with Crippen molar-refractivity contribution in [2.75, 3.05) is 19.6 Å². The number of carbonyl (C=O) groups is 2. The van der Waals surface area contributed by atoms with Gasteiger partial charge in [0.15, 0.2) is 6.54 Å². The van der Waals surface area contributed by atoms with Crippen LogP contribution in [0.25, 0.3) is 0 Å². The van der Waals surface area contributed by atoms with Crippen molar-refractivity contribution >= 4 is 23.3 Å². The molecule has 1 aromatic rings. The smallest absolute Gasteiger partial charge is 0.321 e. The summed E-state index contributed by atoms with van der Waals surface area (Å²) in [4.78, 5) is 26.2. The van der Waals surface area contributed by atoms with E-state index in [4.69, 9.17) is 0 Å². The van der Waals surface area contributed by atoms with E-state index in [2.05, 4.69) is 35.9 Å². The molecule has 2 atom stereocenters. The molecule has 2 heterocycles. The van der Waals surface area contributed by atoms with Crippen molar-refractivity contribution in [1.82, 2.24) is 10.6 Å². The molecule has 1 unspecified atom stereocenters. The molecule has 2 rings (SSSR count). The number of thiophene rings is 1. The van der Waals surface area contributed by atoms with E-state index in [0.29, 0.717) is 19.1 Å². The Morgan fingerprint density at radius 1 is 1.48 bits per heavy atom. The van der Waals surface area contributed by atoms with Crippen molar-refractivity contribution in [2.24, 2.45) is 0 Å². The number of amides is 3. The monoisotopic (exact) mass is 310 g/mol. The number of urea groups is 1. The zero-order valence-electron chi connectivity index (χ0n) is 12.7. The Labute approximate surface area is 129 Å². The average Bonchev–Trinajstić information content (AvgIpc) is 2.91. The van der Waals surface area contributed by atoms with Crippen LogP contribution in [0.1, 0.15) is 43.2 Å². The van der Waals surface area contributed by atoms with Gasteiger partial charge in [0.2, 0.25) is 0 Å². The molecule has 0 bridgehead atoms. The third kappa shape index (κ3) is 4.28. The maximum atomic E-state index is 12.0. The second kappa shape index (κ2) is 7.56. The van der Waals surface area contributed by atoms with Crippen molar-refractivity contribution in [3.8, 4) is 0 Å². The van der Waals surface area contributed by atoms with Crippen LogP contribution in [0, 0.1) is 0 Å². The van der Waals surface area contributed by atoms with Crippen LogP contribution in [0.5, 0.6) is 0 Å². The van der Waals surface area contributed by atoms with Crippen LogP contribution in [-0.2, 0) is 11.2 Å². The van der Waals surface area contributed by atoms with Crippen molar-refractivity contribution in [3.05, 3.63) is 21.9 Å². The summed E-state index contributed by atoms with van der Waals surface area (Å²) in [5.41, 5.74) is 1.35. The van der Waals surface area contributed by atoms with Gasteiger partial charge in [-0.3, -0.25) is 10.1 Å². The molecule has 0 radical (unpaired) electrons. The zero-order chi connectivity index (χ0) is 15.2. The van der Waals surface area contributed by atoms with E-state index in [0.717, 1.165) is 25.8 Å². The number of imide groups is 1. The van der Waals surface area contributed by atoms with Gasteiger partial charge in [0.25, 0.3) is 5.91 Å². The average molecular weight is 310 g/mol. The summed E-state index contributed by atoms with van der Waals surface area (Å²) in [7, 11) is 0. The quantitative estimate of drug-likeness (QED) is 0.707. The number of quaternary nitrogens is 1. The molecule has 0 saturated carbocycles. The van der Waals surface area contributed by atoms with E-state index < -0.39 is 0 Å². The van der Waals surface area contributed by atoms with Gasteiger partial charge in [-0.25, -0.2) is 4.79 Å². The largest absolute Gasteiger partial charge is 0.338 e. The SMILES string of the molecule is CCCCNC(=O)NC(=O)C[NH+]1CCc2sccc2[C@@H]1C. The van der Waals surface area contributed by atoms with Gasteiger partial charge in [-0.1, -0.05) is 13.3 Å². The maximum Gasteiger partial charge on any atom is 0.321 e. The zero-order valence-corrected chi connectivity index (χ0v) is 13.5. The molecule has 1 aliphatic rings. The first-order valence-corrected chi connectivity index (χ1v) is 8.48. The molecule has 1 aliphatic heterocycles. The minimum atomic E-state index is -0.381. The third-order valence-corrected chi connectivity index (χ3v) is 4.98. The lowest BCUT2D eigenvalue weighted by Crippen LogP contribution is -3.14. The number of rotatable bonds is 5. The fraction of sp³-hybridized carbons (Fsp3) is 0.600. The number of unbranched alkanes of at least 4 members (excludes halogenated alkanes) is 1. The van der Waals surface area contributed by atoms with E-state index in [-0.39, 0.29) is 11.9 Å². The highest BCUT2D eigenvalue weighted by Gasteiger charge is 2.29. The highest BCUT2D eigenvalue weighted by molar-refractivity contribution is 7.10. The Hall–Kier alpha value is -1.40. The summed E-state index contributed by atoms with van der Waals surface area (Å²) in [5.74, 6) is -0.204. The van der Waals surface area contributed by atoms with Gasteiger partial charge in [-0.05, 0) is 24.8 Å². The van der Waals surface area contributed by atoms with Gasteiger partial charge >= 0.3 is 6.03 Å². The normalized spacial score (nSPS) is 20.7. The van der Waals surface area contributed by atoms with E-state index in [1.165, 1.54) is 15.3 Å². The Balaban J connectivity index is 1.79. The lowest BCUT2D eigenvalue weighted by Gasteiger charge is -2.29. The van der Waals surface area contributed by atoms with Crippen LogP contribution in [0.2, 0.25) is 0 Å². The summed E-state index contributed by atoms with van der Waals surface area (Å²) in [5, 5.41) is 7.23. The number of fused-ring (bicyclic) bond motifs is 1. The Bertz CT molecular complexity index is 501. The number of hydrogen-bond acceptors (Lipinski definition) is 3. The Morgan fingerprint density at radius 2 is 2.29 bits per heavy atom. The summed E-state index contributed by atoms with van der Waals surface area (Å²) in [6.07, 6.45) is 2.96.